The molecule has 0 fully saturated rings. The molecule has 0 saturated heterocycles. The molecule has 1 heterocycles. The molecule has 0 atom stereocenters. The van der Waals surface area contributed by atoms with E-state index in [0.29, 0.717) is 11.6 Å². The van der Waals surface area contributed by atoms with E-state index in [-0.39, 0.29) is 22.5 Å². The summed E-state index contributed by atoms with van der Waals surface area (Å²) in [5.41, 5.74) is 0.427. The van der Waals surface area contributed by atoms with Crippen LogP contribution in [0.15, 0.2) is 46.9 Å². The second kappa shape index (κ2) is 6.13. The van der Waals surface area contributed by atoms with Crippen molar-refractivity contribution in [1.29, 1.82) is 0 Å². The average molecular weight is 336 g/mol. The number of halogens is 3. The van der Waals surface area contributed by atoms with Gasteiger partial charge in [-0.25, -0.2) is 8.78 Å². The predicted octanol–water partition coefficient (Wildman–Crippen LogP) is 3.92. The second-order valence-corrected chi connectivity index (χ2v) is 4.89. The maximum atomic E-state index is 13.2. The van der Waals surface area contributed by atoms with E-state index in [1.807, 2.05) is 6.07 Å². The van der Waals surface area contributed by atoms with E-state index in [2.05, 4.69) is 15.5 Å². The van der Waals surface area contributed by atoms with Gasteiger partial charge in [0.1, 0.15) is 0 Å². The van der Waals surface area contributed by atoms with E-state index >= 15 is 0 Å². The molecular weight excluding hydrogens is 328 g/mol. The minimum Gasteiger partial charge on any atom is -0.403 e. The standard InChI is InChI=1S/C15H8ClF2N3O2/c16-10-7-12(18)11(17)6-9(10)13(22)19-15-21-20-14(23-15)8-4-2-1-3-5-8/h1-7H,(H,19,21,22). The third-order valence-corrected chi connectivity index (χ3v) is 3.23. The van der Waals surface area contributed by atoms with Gasteiger partial charge in [0.05, 0.1) is 10.6 Å². The second-order valence-electron chi connectivity index (χ2n) is 4.48. The Kier molecular flexibility index (Phi) is 4.03. The summed E-state index contributed by atoms with van der Waals surface area (Å²) >= 11 is 5.73. The molecule has 3 rings (SSSR count). The van der Waals surface area contributed by atoms with Crippen LogP contribution in [-0.2, 0) is 0 Å². The van der Waals surface area contributed by atoms with Crippen molar-refractivity contribution in [3.05, 3.63) is 64.7 Å². The van der Waals surface area contributed by atoms with Crippen molar-refractivity contribution in [2.24, 2.45) is 0 Å². The fourth-order valence-electron chi connectivity index (χ4n) is 1.83. The molecule has 0 aliphatic rings. The number of carbonyl (C=O) groups excluding carboxylic acids is 1. The number of aromatic nitrogens is 2. The molecule has 0 radical (unpaired) electrons. The monoisotopic (exact) mass is 335 g/mol. The number of carbonyl (C=O) groups is 1. The largest absolute Gasteiger partial charge is 0.403 e. The molecule has 0 unspecified atom stereocenters. The number of rotatable bonds is 3. The maximum absolute atomic E-state index is 13.2. The average Bonchev–Trinajstić information content (AvgIpc) is 3.00. The molecule has 0 spiro atoms. The Morgan fingerprint density at radius 1 is 1.09 bits per heavy atom. The van der Waals surface area contributed by atoms with Crippen LogP contribution in [0.3, 0.4) is 0 Å². The summed E-state index contributed by atoms with van der Waals surface area (Å²) < 4.78 is 31.5. The lowest BCUT2D eigenvalue weighted by Crippen LogP contribution is -2.13. The van der Waals surface area contributed by atoms with Crippen LogP contribution in [0.5, 0.6) is 0 Å². The molecule has 1 amide bonds. The summed E-state index contributed by atoms with van der Waals surface area (Å²) in [7, 11) is 0. The number of nitrogens with one attached hydrogen (secondary N) is 1. The Morgan fingerprint density at radius 2 is 1.78 bits per heavy atom. The van der Waals surface area contributed by atoms with Crippen molar-refractivity contribution < 1.29 is 18.0 Å². The van der Waals surface area contributed by atoms with Crippen LogP contribution >= 0.6 is 11.6 Å². The van der Waals surface area contributed by atoms with Gasteiger partial charge in [-0.1, -0.05) is 34.9 Å². The maximum Gasteiger partial charge on any atom is 0.322 e. The molecule has 116 valence electrons. The highest BCUT2D eigenvalue weighted by molar-refractivity contribution is 6.34. The quantitative estimate of drug-likeness (QED) is 0.737. The fraction of sp³-hybridized carbons (Fsp3) is 0. The third kappa shape index (κ3) is 3.19. The molecule has 0 saturated carbocycles. The predicted molar refractivity (Wildman–Crippen MR) is 79.1 cm³/mol. The van der Waals surface area contributed by atoms with Gasteiger partial charge in [-0.05, 0) is 24.3 Å². The highest BCUT2D eigenvalue weighted by Crippen LogP contribution is 2.23. The van der Waals surface area contributed by atoms with E-state index in [1.165, 1.54) is 0 Å². The minimum atomic E-state index is -1.19. The number of nitrogens with zero attached hydrogens (tertiary/aromatic N) is 2. The molecule has 5 nitrogen and oxygen atoms in total. The van der Waals surface area contributed by atoms with Gasteiger partial charge in [-0.2, -0.15) is 0 Å². The van der Waals surface area contributed by atoms with Gasteiger partial charge in [-0.3, -0.25) is 10.1 Å². The molecule has 8 heteroatoms. The van der Waals surface area contributed by atoms with Crippen LogP contribution in [0.4, 0.5) is 14.8 Å². The van der Waals surface area contributed by atoms with Gasteiger partial charge >= 0.3 is 6.01 Å². The lowest BCUT2D eigenvalue weighted by Gasteiger charge is -2.04. The van der Waals surface area contributed by atoms with Crippen LogP contribution in [-0.4, -0.2) is 16.1 Å². The Bertz CT molecular complexity index is 868. The van der Waals surface area contributed by atoms with Crippen LogP contribution in [0.1, 0.15) is 10.4 Å². The molecule has 1 N–H and O–H groups in total. The highest BCUT2D eigenvalue weighted by Gasteiger charge is 2.17. The van der Waals surface area contributed by atoms with Gasteiger partial charge in [0.15, 0.2) is 11.6 Å². The number of benzene rings is 2. The number of anilines is 1. The van der Waals surface area contributed by atoms with Crippen LogP contribution in [0.25, 0.3) is 11.5 Å². The van der Waals surface area contributed by atoms with Crippen LogP contribution in [0, 0.1) is 11.6 Å². The molecule has 0 bridgehead atoms. The zero-order chi connectivity index (χ0) is 16.4. The van der Waals surface area contributed by atoms with Crippen molar-refractivity contribution in [3.8, 4) is 11.5 Å². The van der Waals surface area contributed by atoms with E-state index in [0.717, 1.165) is 6.07 Å². The fourth-order valence-corrected chi connectivity index (χ4v) is 2.07. The van der Waals surface area contributed by atoms with Crippen LogP contribution in [0.2, 0.25) is 5.02 Å². The Hall–Kier alpha value is -2.80. The lowest BCUT2D eigenvalue weighted by molar-refractivity contribution is 0.102. The zero-order valence-electron chi connectivity index (χ0n) is 11.4. The first-order valence-electron chi connectivity index (χ1n) is 6.39. The van der Waals surface area contributed by atoms with Gasteiger partial charge in [0, 0.05) is 5.56 Å². The van der Waals surface area contributed by atoms with E-state index in [1.54, 1.807) is 24.3 Å². The highest BCUT2D eigenvalue weighted by atomic mass is 35.5. The van der Waals surface area contributed by atoms with Crippen molar-refractivity contribution in [2.45, 2.75) is 0 Å². The number of hydrogen-bond donors (Lipinski definition) is 1. The van der Waals surface area contributed by atoms with Crippen LogP contribution < -0.4 is 5.32 Å². The topological polar surface area (TPSA) is 68.0 Å². The molecule has 2 aromatic carbocycles. The van der Waals surface area contributed by atoms with Crippen molar-refractivity contribution >= 4 is 23.5 Å². The normalized spacial score (nSPS) is 10.6. The molecule has 3 aromatic rings. The Balaban J connectivity index is 1.82. The smallest absolute Gasteiger partial charge is 0.322 e. The van der Waals surface area contributed by atoms with E-state index in [4.69, 9.17) is 16.0 Å². The van der Waals surface area contributed by atoms with Crippen molar-refractivity contribution in [1.82, 2.24) is 10.2 Å². The SMILES string of the molecule is O=C(Nc1nnc(-c2ccccc2)o1)c1cc(F)c(F)cc1Cl. The van der Waals surface area contributed by atoms with E-state index < -0.39 is 17.5 Å². The molecule has 0 aliphatic carbocycles. The van der Waals surface area contributed by atoms with Gasteiger partial charge in [0.2, 0.25) is 5.89 Å². The summed E-state index contributed by atoms with van der Waals surface area (Å²) in [6, 6.07) is 10.1. The Morgan fingerprint density at radius 3 is 2.52 bits per heavy atom. The molecule has 0 aliphatic heterocycles. The summed E-state index contributed by atoms with van der Waals surface area (Å²) in [6.45, 7) is 0. The van der Waals surface area contributed by atoms with Gasteiger partial charge in [-0.15, -0.1) is 5.10 Å². The van der Waals surface area contributed by atoms with Gasteiger partial charge < -0.3 is 4.42 Å². The van der Waals surface area contributed by atoms with E-state index in [9.17, 15) is 13.6 Å². The first-order valence-corrected chi connectivity index (χ1v) is 6.77. The number of hydrogen-bond acceptors (Lipinski definition) is 4. The molecule has 23 heavy (non-hydrogen) atoms. The number of amides is 1. The summed E-state index contributed by atoms with van der Waals surface area (Å²) in [5.74, 6) is -2.92. The minimum absolute atomic E-state index is 0.186. The van der Waals surface area contributed by atoms with Gasteiger partial charge in [0.25, 0.3) is 5.91 Å². The van der Waals surface area contributed by atoms with Crippen molar-refractivity contribution in [2.75, 3.05) is 5.32 Å². The summed E-state index contributed by atoms with van der Waals surface area (Å²) in [6.07, 6.45) is 0. The molecule has 1 aromatic heterocycles. The summed E-state index contributed by atoms with van der Waals surface area (Å²) in [4.78, 5) is 12.0. The zero-order valence-corrected chi connectivity index (χ0v) is 12.1. The lowest BCUT2D eigenvalue weighted by atomic mass is 10.2. The molecular formula is C15H8ClF2N3O2. The van der Waals surface area contributed by atoms with Crippen molar-refractivity contribution in [3.63, 3.8) is 0 Å². The summed E-state index contributed by atoms with van der Waals surface area (Å²) in [5, 5.41) is 9.51. The first-order chi connectivity index (χ1) is 11.0. The Labute approximate surface area is 133 Å². The third-order valence-electron chi connectivity index (χ3n) is 2.92. The first kappa shape index (κ1) is 15.1.